The Morgan fingerprint density at radius 1 is 0.962 bits per heavy atom. The van der Waals surface area contributed by atoms with Crippen molar-refractivity contribution in [2.24, 2.45) is 0 Å². The summed E-state index contributed by atoms with van der Waals surface area (Å²) >= 11 is 6.02. The Kier molecular flexibility index (Phi) is 4.06. The van der Waals surface area contributed by atoms with Crippen LogP contribution in [-0.2, 0) is 6.54 Å². The molecule has 3 aromatic heterocycles. The van der Waals surface area contributed by atoms with Crippen LogP contribution in [0.3, 0.4) is 0 Å². The minimum atomic E-state index is -0.288. The molecular weight excluding hydrogens is 354 g/mol. The minimum Gasteiger partial charge on any atom is -0.395 e. The van der Waals surface area contributed by atoms with Crippen LogP contribution in [0.2, 0.25) is 5.02 Å². The molecule has 0 spiro atoms. The van der Waals surface area contributed by atoms with Gasteiger partial charge in [0.25, 0.3) is 11.1 Å². The fourth-order valence-corrected chi connectivity index (χ4v) is 3.16. The zero-order chi connectivity index (χ0) is 18.3. The van der Waals surface area contributed by atoms with Crippen LogP contribution in [0.15, 0.2) is 64.4 Å². The number of rotatable bonds is 3. The molecule has 0 saturated carbocycles. The first-order valence-electron chi connectivity index (χ1n) is 8.01. The molecule has 7 heteroatoms. The number of hydrogen-bond acceptors (Lipinski definition) is 4. The lowest BCUT2D eigenvalue weighted by molar-refractivity contribution is 0.274. The second-order valence-electron chi connectivity index (χ2n) is 5.86. The first-order chi connectivity index (χ1) is 12.6. The van der Waals surface area contributed by atoms with Crippen molar-refractivity contribution in [1.29, 1.82) is 0 Å². The number of halogens is 1. The van der Waals surface area contributed by atoms with Gasteiger partial charge in [0.05, 0.1) is 34.1 Å². The zero-order valence-corrected chi connectivity index (χ0v) is 14.3. The van der Waals surface area contributed by atoms with Gasteiger partial charge in [0.1, 0.15) is 0 Å². The van der Waals surface area contributed by atoms with E-state index in [2.05, 4.69) is 4.98 Å². The van der Waals surface area contributed by atoms with E-state index in [1.807, 2.05) is 0 Å². The van der Waals surface area contributed by atoms with Crippen molar-refractivity contribution in [3.63, 3.8) is 0 Å². The molecular formula is C19H14ClN3O3. The van der Waals surface area contributed by atoms with Gasteiger partial charge < -0.3 is 9.67 Å². The summed E-state index contributed by atoms with van der Waals surface area (Å²) in [5, 5.41) is 10.3. The van der Waals surface area contributed by atoms with Crippen molar-refractivity contribution in [2.45, 2.75) is 6.54 Å². The number of aliphatic hydroxyl groups excluding tert-OH is 1. The van der Waals surface area contributed by atoms with E-state index in [-0.39, 0.29) is 24.3 Å². The lowest BCUT2D eigenvalue weighted by Crippen LogP contribution is -2.22. The van der Waals surface area contributed by atoms with Gasteiger partial charge in [0, 0.05) is 24.0 Å². The third-order valence-corrected chi connectivity index (χ3v) is 4.48. The van der Waals surface area contributed by atoms with Crippen molar-refractivity contribution in [2.75, 3.05) is 6.61 Å². The lowest BCUT2D eigenvalue weighted by Gasteiger charge is -2.09. The summed E-state index contributed by atoms with van der Waals surface area (Å²) in [6.07, 6.45) is 3.23. The van der Waals surface area contributed by atoms with Gasteiger partial charge in [-0.3, -0.25) is 14.2 Å². The SMILES string of the molecule is O=c1c2cc3c(=O)n(-c4cccc(Cl)c4)ccc3nc2ccn1CCO. The van der Waals surface area contributed by atoms with E-state index in [0.717, 1.165) is 0 Å². The van der Waals surface area contributed by atoms with Gasteiger partial charge in [-0.15, -0.1) is 0 Å². The molecule has 0 aliphatic carbocycles. The summed E-state index contributed by atoms with van der Waals surface area (Å²) in [4.78, 5) is 29.9. The highest BCUT2D eigenvalue weighted by atomic mass is 35.5. The molecule has 1 N–H and O–H groups in total. The second-order valence-corrected chi connectivity index (χ2v) is 6.30. The monoisotopic (exact) mass is 367 g/mol. The van der Waals surface area contributed by atoms with Crippen molar-refractivity contribution in [3.8, 4) is 5.69 Å². The molecule has 0 unspecified atom stereocenters. The van der Waals surface area contributed by atoms with Crippen LogP contribution in [0, 0.1) is 0 Å². The smallest absolute Gasteiger partial charge is 0.264 e. The highest BCUT2D eigenvalue weighted by Gasteiger charge is 2.10. The fourth-order valence-electron chi connectivity index (χ4n) is 2.98. The maximum atomic E-state index is 12.9. The van der Waals surface area contributed by atoms with Gasteiger partial charge in [-0.2, -0.15) is 0 Å². The molecule has 0 aliphatic rings. The Morgan fingerprint density at radius 3 is 2.42 bits per heavy atom. The number of hydrogen-bond donors (Lipinski definition) is 1. The minimum absolute atomic E-state index is 0.145. The molecule has 4 aromatic rings. The summed E-state index contributed by atoms with van der Waals surface area (Å²) in [7, 11) is 0. The average molecular weight is 368 g/mol. The van der Waals surface area contributed by atoms with Crippen molar-refractivity contribution >= 4 is 33.4 Å². The number of pyridine rings is 3. The number of aromatic nitrogens is 3. The Balaban J connectivity index is 2.01. The molecule has 0 atom stereocenters. The first kappa shape index (κ1) is 16.5. The first-order valence-corrected chi connectivity index (χ1v) is 8.38. The van der Waals surface area contributed by atoms with Gasteiger partial charge in [0.2, 0.25) is 0 Å². The summed E-state index contributed by atoms with van der Waals surface area (Å²) in [6, 6.07) is 12.0. The van der Waals surface area contributed by atoms with Gasteiger partial charge >= 0.3 is 0 Å². The summed E-state index contributed by atoms with van der Waals surface area (Å²) in [5.74, 6) is 0. The number of fused-ring (bicyclic) bond motifs is 2. The maximum absolute atomic E-state index is 12.9. The normalized spacial score (nSPS) is 11.3. The molecule has 0 bridgehead atoms. The third-order valence-electron chi connectivity index (χ3n) is 4.24. The molecule has 130 valence electrons. The van der Waals surface area contributed by atoms with Crippen LogP contribution in [-0.4, -0.2) is 25.8 Å². The third kappa shape index (κ3) is 2.69. The van der Waals surface area contributed by atoms with E-state index in [0.29, 0.717) is 32.5 Å². The molecule has 0 saturated heterocycles. The molecule has 4 rings (SSSR count). The highest BCUT2D eigenvalue weighted by molar-refractivity contribution is 6.30. The van der Waals surface area contributed by atoms with Crippen LogP contribution >= 0.6 is 11.6 Å². The van der Waals surface area contributed by atoms with Gasteiger partial charge in [-0.25, -0.2) is 4.98 Å². The van der Waals surface area contributed by atoms with Crippen molar-refractivity contribution in [3.05, 3.63) is 80.6 Å². The predicted molar refractivity (Wildman–Crippen MR) is 101 cm³/mol. The van der Waals surface area contributed by atoms with E-state index in [1.165, 1.54) is 9.13 Å². The number of aliphatic hydroxyl groups is 1. The Labute approximate surface area is 152 Å². The van der Waals surface area contributed by atoms with Gasteiger partial charge in [-0.05, 0) is 36.4 Å². The Hall–Kier alpha value is -2.96. The fraction of sp³-hybridized carbons (Fsp3) is 0.105. The summed E-state index contributed by atoms with van der Waals surface area (Å²) in [6.45, 7) is 0.0440. The number of nitrogens with zero attached hydrogens (tertiary/aromatic N) is 3. The number of benzene rings is 1. The average Bonchev–Trinajstić information content (AvgIpc) is 2.64. The second kappa shape index (κ2) is 6.40. The summed E-state index contributed by atoms with van der Waals surface area (Å²) in [5.41, 5.74) is 1.09. The standard InChI is InChI=1S/C19H14ClN3O3/c20-12-2-1-3-13(10-12)23-7-5-17-15(19(23)26)11-14-16(21-17)4-6-22(8-9-24)18(14)25/h1-7,10-11,24H,8-9H2. The quantitative estimate of drug-likeness (QED) is 0.564. The largest absolute Gasteiger partial charge is 0.395 e. The van der Waals surface area contributed by atoms with E-state index < -0.39 is 0 Å². The van der Waals surface area contributed by atoms with Crippen molar-refractivity contribution < 1.29 is 5.11 Å². The topological polar surface area (TPSA) is 77.1 Å². The van der Waals surface area contributed by atoms with E-state index in [1.54, 1.807) is 54.9 Å². The molecule has 0 amide bonds. The Bertz CT molecular complexity index is 1260. The van der Waals surface area contributed by atoms with Crippen LogP contribution in [0.25, 0.3) is 27.5 Å². The molecule has 1 aromatic carbocycles. The molecule has 0 aliphatic heterocycles. The Morgan fingerprint density at radius 2 is 1.69 bits per heavy atom. The van der Waals surface area contributed by atoms with Crippen LogP contribution in [0.5, 0.6) is 0 Å². The zero-order valence-electron chi connectivity index (χ0n) is 13.6. The molecule has 0 radical (unpaired) electrons. The van der Waals surface area contributed by atoms with E-state index in [4.69, 9.17) is 16.7 Å². The predicted octanol–water partition coefficient (Wildman–Crippen LogP) is 2.35. The molecule has 0 fully saturated rings. The van der Waals surface area contributed by atoms with Gasteiger partial charge in [-0.1, -0.05) is 17.7 Å². The summed E-state index contributed by atoms with van der Waals surface area (Å²) < 4.78 is 2.87. The highest BCUT2D eigenvalue weighted by Crippen LogP contribution is 2.17. The maximum Gasteiger partial charge on any atom is 0.264 e. The van der Waals surface area contributed by atoms with Crippen LogP contribution < -0.4 is 11.1 Å². The molecule has 6 nitrogen and oxygen atoms in total. The van der Waals surface area contributed by atoms with Gasteiger partial charge in [0.15, 0.2) is 0 Å². The van der Waals surface area contributed by atoms with Crippen LogP contribution in [0.4, 0.5) is 0 Å². The van der Waals surface area contributed by atoms with Crippen molar-refractivity contribution in [1.82, 2.24) is 14.1 Å². The molecule has 3 heterocycles. The van der Waals surface area contributed by atoms with E-state index in [9.17, 15) is 9.59 Å². The van der Waals surface area contributed by atoms with E-state index >= 15 is 0 Å². The lowest BCUT2D eigenvalue weighted by atomic mass is 10.2. The molecule has 26 heavy (non-hydrogen) atoms. The van der Waals surface area contributed by atoms with Crippen LogP contribution in [0.1, 0.15) is 0 Å².